The summed E-state index contributed by atoms with van der Waals surface area (Å²) in [7, 11) is -7.32. The highest BCUT2D eigenvalue weighted by molar-refractivity contribution is 7.93. The molecule has 0 atom stereocenters. The van der Waals surface area contributed by atoms with Crippen molar-refractivity contribution in [3.63, 3.8) is 0 Å². The van der Waals surface area contributed by atoms with E-state index in [4.69, 9.17) is 16.3 Å². The molecule has 0 unspecified atom stereocenters. The Bertz CT molecular complexity index is 1120. The summed E-state index contributed by atoms with van der Waals surface area (Å²) in [4.78, 5) is 12.1. The number of ether oxygens (including phenoxy) is 1. The third-order valence-corrected chi connectivity index (χ3v) is 7.84. The molecule has 2 aromatic carbocycles. The minimum atomic E-state index is -4.00. The highest BCUT2D eigenvalue weighted by Crippen LogP contribution is 2.27. The van der Waals surface area contributed by atoms with Crippen LogP contribution in [0.2, 0.25) is 5.02 Å². The maximum Gasteiger partial charge on any atom is 0.338 e. The topological polar surface area (TPSA) is 107 Å². The second kappa shape index (κ2) is 10.9. The van der Waals surface area contributed by atoms with Gasteiger partial charge in [0.2, 0.25) is 10.0 Å². The lowest BCUT2D eigenvalue weighted by Gasteiger charge is -2.13. The third kappa shape index (κ3) is 7.79. The Morgan fingerprint density at radius 1 is 1.03 bits per heavy atom. The maximum atomic E-state index is 14.8. The Morgan fingerprint density at radius 3 is 2.35 bits per heavy atom. The Labute approximate surface area is 186 Å². The molecule has 0 heterocycles. The van der Waals surface area contributed by atoms with Crippen molar-refractivity contribution in [2.45, 2.75) is 26.4 Å². The standard InChI is InChI=1S/C20H23ClFNO6S2/c1-2-11-30(25,26)12-6-13-31(27,28)23-18-10-9-17(21)16(19(18)22)14-29-20(24)15-7-4-3-5-8-15/h3-5,7-10,23H,2,6,11-14H2,1H3. The summed E-state index contributed by atoms with van der Waals surface area (Å²) in [5.41, 5.74) is -0.280. The second-order valence-electron chi connectivity index (χ2n) is 6.76. The zero-order chi connectivity index (χ0) is 23.1. The number of hydrogen-bond donors (Lipinski definition) is 1. The van der Waals surface area contributed by atoms with Crippen LogP contribution in [0.15, 0.2) is 42.5 Å². The molecule has 170 valence electrons. The van der Waals surface area contributed by atoms with Crippen LogP contribution in [0.3, 0.4) is 0 Å². The van der Waals surface area contributed by atoms with Gasteiger partial charge in [0.15, 0.2) is 5.82 Å². The molecule has 0 aromatic heterocycles. The summed E-state index contributed by atoms with van der Waals surface area (Å²) in [5, 5.41) is -0.0352. The first kappa shape index (κ1) is 25.1. The lowest BCUT2D eigenvalue weighted by atomic mass is 10.2. The van der Waals surface area contributed by atoms with E-state index in [1.54, 1.807) is 25.1 Å². The Morgan fingerprint density at radius 2 is 1.71 bits per heavy atom. The van der Waals surface area contributed by atoms with Crippen molar-refractivity contribution in [2.24, 2.45) is 0 Å². The van der Waals surface area contributed by atoms with Gasteiger partial charge < -0.3 is 4.74 Å². The van der Waals surface area contributed by atoms with E-state index in [9.17, 15) is 26.0 Å². The Hall–Kier alpha value is -2.17. The average Bonchev–Trinajstić information content (AvgIpc) is 2.70. The van der Waals surface area contributed by atoms with Crippen LogP contribution in [-0.2, 0) is 31.2 Å². The molecule has 2 rings (SSSR count). The molecule has 0 saturated carbocycles. The van der Waals surface area contributed by atoms with Crippen molar-refractivity contribution >= 4 is 43.1 Å². The van der Waals surface area contributed by atoms with Crippen LogP contribution in [0.4, 0.5) is 10.1 Å². The molecule has 0 spiro atoms. The van der Waals surface area contributed by atoms with Gasteiger partial charge in [-0.15, -0.1) is 0 Å². The van der Waals surface area contributed by atoms with Gasteiger partial charge in [-0.05, 0) is 37.1 Å². The van der Waals surface area contributed by atoms with Gasteiger partial charge in [-0.25, -0.2) is 26.0 Å². The van der Waals surface area contributed by atoms with Gasteiger partial charge in [0.25, 0.3) is 0 Å². The van der Waals surface area contributed by atoms with Crippen LogP contribution in [0.25, 0.3) is 0 Å². The van der Waals surface area contributed by atoms with Crippen LogP contribution in [0.5, 0.6) is 0 Å². The van der Waals surface area contributed by atoms with Crippen LogP contribution in [0.1, 0.15) is 35.7 Å². The molecule has 0 fully saturated rings. The predicted octanol–water partition coefficient (Wildman–Crippen LogP) is 3.79. The molecule has 0 saturated heterocycles. The number of nitrogens with one attached hydrogen (secondary N) is 1. The minimum absolute atomic E-state index is 0.0165. The molecule has 0 amide bonds. The van der Waals surface area contributed by atoms with Gasteiger partial charge in [0.05, 0.1) is 27.8 Å². The van der Waals surface area contributed by atoms with E-state index >= 15 is 0 Å². The number of halogens is 2. The highest BCUT2D eigenvalue weighted by Gasteiger charge is 2.20. The van der Waals surface area contributed by atoms with Gasteiger partial charge in [0.1, 0.15) is 16.4 Å². The quantitative estimate of drug-likeness (QED) is 0.479. The third-order valence-electron chi connectivity index (χ3n) is 4.19. The first-order chi connectivity index (χ1) is 14.5. The first-order valence-corrected chi connectivity index (χ1v) is 13.3. The van der Waals surface area contributed by atoms with E-state index < -0.39 is 44.0 Å². The summed E-state index contributed by atoms with van der Waals surface area (Å²) in [6.07, 6.45) is 0.329. The van der Waals surface area contributed by atoms with E-state index in [1.807, 2.05) is 0 Å². The van der Waals surface area contributed by atoms with Gasteiger partial charge in [-0.1, -0.05) is 36.7 Å². The number of carbonyl (C=O) groups excluding carboxylic acids is 1. The number of carbonyl (C=O) groups is 1. The fraction of sp³-hybridized carbons (Fsp3) is 0.350. The summed E-state index contributed by atoms with van der Waals surface area (Å²) in [6.45, 7) is 1.22. The minimum Gasteiger partial charge on any atom is -0.457 e. The second-order valence-corrected chi connectivity index (χ2v) is 11.3. The van der Waals surface area contributed by atoms with Gasteiger partial charge in [0, 0.05) is 11.3 Å². The Balaban J connectivity index is 2.06. The number of sulfonamides is 1. The Kier molecular flexibility index (Phi) is 8.84. The van der Waals surface area contributed by atoms with Crippen LogP contribution >= 0.6 is 11.6 Å². The van der Waals surface area contributed by atoms with Crippen molar-refractivity contribution in [3.8, 4) is 0 Å². The molecule has 1 N–H and O–H groups in total. The van der Waals surface area contributed by atoms with Crippen molar-refractivity contribution in [1.29, 1.82) is 0 Å². The number of sulfone groups is 1. The zero-order valence-corrected chi connectivity index (χ0v) is 19.2. The molecule has 31 heavy (non-hydrogen) atoms. The van der Waals surface area contributed by atoms with E-state index in [2.05, 4.69) is 4.72 Å². The normalized spacial score (nSPS) is 11.8. The number of benzene rings is 2. The van der Waals surface area contributed by atoms with E-state index in [0.29, 0.717) is 6.42 Å². The van der Waals surface area contributed by atoms with Crippen LogP contribution in [-0.4, -0.2) is 40.1 Å². The molecule has 0 aliphatic carbocycles. The molecule has 0 radical (unpaired) electrons. The van der Waals surface area contributed by atoms with E-state index in [-0.39, 0.29) is 39.8 Å². The number of anilines is 1. The summed E-state index contributed by atoms with van der Waals surface area (Å²) < 4.78 is 69.9. The smallest absolute Gasteiger partial charge is 0.338 e. The molecule has 7 nitrogen and oxygen atoms in total. The fourth-order valence-corrected chi connectivity index (χ4v) is 5.62. The number of rotatable bonds is 11. The molecule has 0 bridgehead atoms. The molecule has 11 heteroatoms. The van der Waals surface area contributed by atoms with E-state index in [0.717, 1.165) is 6.07 Å². The summed E-state index contributed by atoms with van der Waals surface area (Å²) in [6, 6.07) is 10.5. The zero-order valence-electron chi connectivity index (χ0n) is 16.8. The largest absolute Gasteiger partial charge is 0.457 e. The molecular formula is C20H23ClFNO6S2. The highest BCUT2D eigenvalue weighted by atomic mass is 35.5. The molecule has 0 aliphatic heterocycles. The monoisotopic (exact) mass is 491 g/mol. The lowest BCUT2D eigenvalue weighted by Crippen LogP contribution is -2.21. The van der Waals surface area contributed by atoms with Crippen molar-refractivity contribution in [2.75, 3.05) is 22.0 Å². The molecule has 0 aliphatic rings. The maximum absolute atomic E-state index is 14.8. The van der Waals surface area contributed by atoms with Crippen molar-refractivity contribution < 1.29 is 30.8 Å². The summed E-state index contributed by atoms with van der Waals surface area (Å²) in [5.74, 6) is -2.44. The SMILES string of the molecule is CCCS(=O)(=O)CCCS(=O)(=O)Nc1ccc(Cl)c(COC(=O)c2ccccc2)c1F. The number of hydrogen-bond acceptors (Lipinski definition) is 6. The van der Waals surface area contributed by atoms with Crippen molar-refractivity contribution in [3.05, 3.63) is 64.4 Å². The van der Waals surface area contributed by atoms with Gasteiger partial charge >= 0.3 is 5.97 Å². The van der Waals surface area contributed by atoms with E-state index in [1.165, 1.54) is 18.2 Å². The van der Waals surface area contributed by atoms with Gasteiger partial charge in [-0.2, -0.15) is 0 Å². The molecular weight excluding hydrogens is 469 g/mol. The molecule has 2 aromatic rings. The van der Waals surface area contributed by atoms with Gasteiger partial charge in [-0.3, -0.25) is 4.72 Å². The predicted molar refractivity (Wildman–Crippen MR) is 118 cm³/mol. The van der Waals surface area contributed by atoms with Crippen LogP contribution in [0, 0.1) is 5.82 Å². The van der Waals surface area contributed by atoms with Crippen LogP contribution < -0.4 is 4.72 Å². The first-order valence-electron chi connectivity index (χ1n) is 9.44. The fourth-order valence-electron chi connectivity index (χ4n) is 2.70. The number of esters is 1. The average molecular weight is 492 g/mol. The lowest BCUT2D eigenvalue weighted by molar-refractivity contribution is 0.0469. The van der Waals surface area contributed by atoms with Crippen molar-refractivity contribution in [1.82, 2.24) is 0 Å². The summed E-state index contributed by atoms with van der Waals surface area (Å²) >= 11 is 5.99.